The van der Waals surface area contributed by atoms with E-state index in [-0.39, 0.29) is 34.3 Å². The van der Waals surface area contributed by atoms with Crippen molar-refractivity contribution < 1.29 is 14.6 Å². The van der Waals surface area contributed by atoms with Crippen molar-refractivity contribution in [3.05, 3.63) is 94.4 Å². The maximum Gasteiger partial charge on any atom is 0.335 e. The number of hydrogen-bond acceptors (Lipinski definition) is 6. The number of methoxy groups -OCH3 is 1. The van der Waals surface area contributed by atoms with Crippen LogP contribution in [0.3, 0.4) is 0 Å². The zero-order valence-corrected chi connectivity index (χ0v) is 27.7. The molecule has 2 N–H and O–H groups in total. The molecule has 47 heavy (non-hydrogen) atoms. The van der Waals surface area contributed by atoms with Crippen LogP contribution in [-0.2, 0) is 21.4 Å². The molecule has 0 amide bonds. The molecule has 0 saturated carbocycles. The van der Waals surface area contributed by atoms with Crippen LogP contribution in [0.15, 0.2) is 72.0 Å². The van der Waals surface area contributed by atoms with Crippen molar-refractivity contribution in [2.75, 3.05) is 38.6 Å². The molecule has 1 saturated heterocycles. The van der Waals surface area contributed by atoms with E-state index < -0.39 is 0 Å². The SMILES string of the molecule is CC[C@@]12C=CCN3CCc4c(n(c5ccccc45)C(c4cc5c(cc4O)NC4=C(C(=O)OC)C[C@]6(CC)C=CCN7CC[C@@]45[C@@H]76)C1)[C@H]32. The molecular weight excluding hydrogens is 584 g/mol. The summed E-state index contributed by atoms with van der Waals surface area (Å²) >= 11 is 0. The van der Waals surface area contributed by atoms with E-state index in [1.165, 1.54) is 34.8 Å². The number of fused-ring (bicyclic) bond motifs is 4. The van der Waals surface area contributed by atoms with Gasteiger partial charge in [0.25, 0.3) is 0 Å². The first-order chi connectivity index (χ1) is 22.9. The monoisotopic (exact) mass is 628 g/mol. The highest BCUT2D eigenvalue weighted by Gasteiger charge is 2.65. The highest BCUT2D eigenvalue weighted by atomic mass is 16.5. The molecule has 7 nitrogen and oxygen atoms in total. The van der Waals surface area contributed by atoms with E-state index in [1.807, 2.05) is 6.07 Å². The van der Waals surface area contributed by atoms with Gasteiger partial charge in [0.15, 0.2) is 0 Å². The zero-order valence-electron chi connectivity index (χ0n) is 27.7. The molecule has 7 aliphatic rings. The lowest BCUT2D eigenvalue weighted by molar-refractivity contribution is -0.137. The summed E-state index contributed by atoms with van der Waals surface area (Å²) < 4.78 is 8.06. The Labute approximate surface area is 276 Å². The van der Waals surface area contributed by atoms with Gasteiger partial charge in [0.2, 0.25) is 0 Å². The lowest BCUT2D eigenvalue weighted by Gasteiger charge is -2.55. The molecule has 6 aliphatic heterocycles. The number of para-hydroxylation sites is 1. The minimum Gasteiger partial charge on any atom is -0.508 e. The number of phenols is 1. The largest absolute Gasteiger partial charge is 0.508 e. The van der Waals surface area contributed by atoms with Crippen molar-refractivity contribution in [3.63, 3.8) is 0 Å². The maximum atomic E-state index is 13.5. The highest BCUT2D eigenvalue weighted by molar-refractivity contribution is 5.93. The van der Waals surface area contributed by atoms with Crippen LogP contribution >= 0.6 is 0 Å². The van der Waals surface area contributed by atoms with Crippen LogP contribution in [0.5, 0.6) is 5.75 Å². The number of nitrogens with zero attached hydrogens (tertiary/aromatic N) is 3. The van der Waals surface area contributed by atoms with E-state index in [0.717, 1.165) is 80.8 Å². The van der Waals surface area contributed by atoms with Gasteiger partial charge in [0.1, 0.15) is 5.75 Å². The summed E-state index contributed by atoms with van der Waals surface area (Å²) in [6, 6.07) is 13.8. The molecule has 7 heterocycles. The number of aromatic nitrogens is 1. The molecule has 1 unspecified atom stereocenters. The number of anilines is 1. The maximum absolute atomic E-state index is 13.5. The third-order valence-electron chi connectivity index (χ3n) is 13.8. The first kappa shape index (κ1) is 28.2. The number of nitrogens with one attached hydrogen (secondary N) is 1. The van der Waals surface area contributed by atoms with E-state index in [1.54, 1.807) is 0 Å². The Morgan fingerprint density at radius 1 is 1.04 bits per heavy atom. The molecule has 7 heteroatoms. The van der Waals surface area contributed by atoms with Gasteiger partial charge in [-0.15, -0.1) is 0 Å². The van der Waals surface area contributed by atoms with Crippen molar-refractivity contribution in [1.29, 1.82) is 0 Å². The van der Waals surface area contributed by atoms with E-state index in [4.69, 9.17) is 4.74 Å². The number of phenolic OH excluding ortho intramolecular Hbond substituents is 1. The van der Waals surface area contributed by atoms with Gasteiger partial charge >= 0.3 is 5.97 Å². The van der Waals surface area contributed by atoms with Crippen molar-refractivity contribution in [1.82, 2.24) is 14.4 Å². The van der Waals surface area contributed by atoms with Crippen molar-refractivity contribution in [2.24, 2.45) is 10.8 Å². The van der Waals surface area contributed by atoms with E-state index in [9.17, 15) is 9.90 Å². The fourth-order valence-corrected chi connectivity index (χ4v) is 11.9. The number of ether oxygens (including phenoxy) is 1. The van der Waals surface area contributed by atoms with Crippen LogP contribution in [0.4, 0.5) is 5.69 Å². The van der Waals surface area contributed by atoms with Crippen LogP contribution in [0.2, 0.25) is 0 Å². The number of carbonyl (C=O) groups excluding carboxylic acids is 1. The molecule has 0 radical (unpaired) electrons. The Morgan fingerprint density at radius 3 is 2.64 bits per heavy atom. The molecule has 2 aromatic carbocycles. The Balaban J connectivity index is 1.23. The molecule has 6 atom stereocenters. The average molecular weight is 629 g/mol. The van der Waals surface area contributed by atoms with E-state index in [0.29, 0.717) is 18.2 Å². The minimum atomic E-state index is -0.361. The smallest absolute Gasteiger partial charge is 0.335 e. The van der Waals surface area contributed by atoms with Gasteiger partial charge in [-0.2, -0.15) is 0 Å². The van der Waals surface area contributed by atoms with Gasteiger partial charge in [-0.3, -0.25) is 9.80 Å². The van der Waals surface area contributed by atoms with Gasteiger partial charge in [-0.1, -0.05) is 56.4 Å². The molecule has 1 fully saturated rings. The van der Waals surface area contributed by atoms with Crippen LogP contribution in [-0.4, -0.2) is 64.8 Å². The number of benzene rings is 2. The molecule has 0 bridgehead atoms. The quantitative estimate of drug-likeness (QED) is 0.247. The number of aromatic hydroxyl groups is 1. The molecule has 3 aromatic rings. The summed E-state index contributed by atoms with van der Waals surface area (Å²) in [5.74, 6) is 0.0930. The minimum absolute atomic E-state index is 0.00586. The molecule has 1 aliphatic carbocycles. The van der Waals surface area contributed by atoms with Gasteiger partial charge in [0, 0.05) is 82.7 Å². The summed E-state index contributed by atoms with van der Waals surface area (Å²) in [7, 11) is 1.50. The Morgan fingerprint density at radius 2 is 1.83 bits per heavy atom. The van der Waals surface area contributed by atoms with Crippen LogP contribution in [0.1, 0.15) is 80.4 Å². The summed E-state index contributed by atoms with van der Waals surface area (Å²) in [5.41, 5.74) is 8.66. The summed E-state index contributed by atoms with van der Waals surface area (Å²) in [6.07, 6.45) is 15.2. The number of carbonyl (C=O) groups is 1. The number of hydrogen-bond donors (Lipinski definition) is 2. The lowest BCUT2D eigenvalue weighted by atomic mass is 9.55. The number of rotatable bonds is 4. The lowest BCUT2D eigenvalue weighted by Crippen LogP contribution is -2.58. The Bertz CT molecular complexity index is 1990. The third-order valence-corrected chi connectivity index (χ3v) is 13.8. The fourth-order valence-electron chi connectivity index (χ4n) is 11.9. The Kier molecular flexibility index (Phi) is 5.65. The van der Waals surface area contributed by atoms with Gasteiger partial charge in [0.05, 0.1) is 30.2 Å². The van der Waals surface area contributed by atoms with E-state index >= 15 is 0 Å². The highest BCUT2D eigenvalue weighted by Crippen LogP contribution is 2.66. The standard InChI is InChI=1S/C40H44N4O3/c1-4-38-13-8-16-42-18-12-25-24-10-6-7-11-30(24)44(33(25)35(38)42)31(23-38)26-20-28-29(21-32(26)45)41-34-27(36(46)47-3)22-39(5-2)14-9-17-43-19-15-40(28,34)37(39)43/h6-11,13-14,20-21,31,35,37,41,45H,4-5,12,15-19,22-23H2,1-3H3/t31?,35-,37-,38+,39-,40-/m0/s1. The second-order valence-electron chi connectivity index (χ2n) is 15.3. The molecular formula is C40H44N4O3. The Hall–Kier alpha value is -3.81. The topological polar surface area (TPSA) is 70.0 Å². The summed E-state index contributed by atoms with van der Waals surface area (Å²) in [6.45, 7) is 8.62. The summed E-state index contributed by atoms with van der Waals surface area (Å²) in [5, 5.41) is 17.2. The van der Waals surface area contributed by atoms with Crippen LogP contribution < -0.4 is 5.32 Å². The van der Waals surface area contributed by atoms with Crippen LogP contribution in [0, 0.1) is 10.8 Å². The first-order valence-electron chi connectivity index (χ1n) is 17.8. The summed E-state index contributed by atoms with van der Waals surface area (Å²) in [4.78, 5) is 18.9. The molecule has 1 aromatic heterocycles. The van der Waals surface area contributed by atoms with Crippen molar-refractivity contribution in [3.8, 4) is 5.75 Å². The first-order valence-corrected chi connectivity index (χ1v) is 17.8. The molecule has 1 spiro atoms. The molecule has 242 valence electrons. The van der Waals surface area contributed by atoms with E-state index in [2.05, 4.69) is 88.2 Å². The third kappa shape index (κ3) is 3.28. The second kappa shape index (κ2) is 9.42. The molecule has 10 rings (SSSR count). The van der Waals surface area contributed by atoms with Crippen LogP contribution in [0.25, 0.3) is 10.9 Å². The zero-order chi connectivity index (χ0) is 31.9. The predicted octanol–water partition coefficient (Wildman–Crippen LogP) is 6.74. The normalized spacial score (nSPS) is 34.6. The van der Waals surface area contributed by atoms with Gasteiger partial charge < -0.3 is 19.7 Å². The number of esters is 1. The van der Waals surface area contributed by atoms with Gasteiger partial charge in [-0.05, 0) is 61.8 Å². The van der Waals surface area contributed by atoms with Crippen molar-refractivity contribution in [2.45, 2.75) is 75.9 Å². The fraction of sp³-hybridized carbons (Fsp3) is 0.475. The predicted molar refractivity (Wildman–Crippen MR) is 183 cm³/mol. The average Bonchev–Trinajstić information content (AvgIpc) is 3.77. The van der Waals surface area contributed by atoms with Crippen molar-refractivity contribution >= 4 is 22.6 Å². The second-order valence-corrected chi connectivity index (χ2v) is 15.3. The van der Waals surface area contributed by atoms with Gasteiger partial charge in [-0.25, -0.2) is 4.79 Å².